The smallest absolute Gasteiger partial charge is 0.0425 e. The minimum atomic E-state index is 0.0915. The number of hydrogen-bond donors (Lipinski definition) is 1. The summed E-state index contributed by atoms with van der Waals surface area (Å²) in [5.74, 6) is 0.848. The third kappa shape index (κ3) is 3.27. The van der Waals surface area contributed by atoms with Crippen molar-refractivity contribution in [3.63, 3.8) is 0 Å². The summed E-state index contributed by atoms with van der Waals surface area (Å²) in [5.41, 5.74) is 8.67. The molecule has 1 fully saturated rings. The Balaban J connectivity index is 2.27. The molecular formula is C15H23BrN2. The van der Waals surface area contributed by atoms with Crippen LogP contribution in [0.1, 0.15) is 44.7 Å². The van der Waals surface area contributed by atoms with Crippen LogP contribution in [0.4, 0.5) is 5.69 Å². The van der Waals surface area contributed by atoms with Crippen LogP contribution in [0.25, 0.3) is 0 Å². The second-order valence-electron chi connectivity index (χ2n) is 5.51. The zero-order valence-corrected chi connectivity index (χ0v) is 12.9. The van der Waals surface area contributed by atoms with Crippen molar-refractivity contribution in [3.05, 3.63) is 28.2 Å². The quantitative estimate of drug-likeness (QED) is 0.891. The lowest BCUT2D eigenvalue weighted by Gasteiger charge is -2.27. The van der Waals surface area contributed by atoms with E-state index >= 15 is 0 Å². The Kier molecular flexibility index (Phi) is 4.68. The maximum Gasteiger partial charge on any atom is 0.0425 e. The molecule has 0 aliphatic carbocycles. The van der Waals surface area contributed by atoms with Gasteiger partial charge in [-0.2, -0.15) is 0 Å². The lowest BCUT2D eigenvalue weighted by molar-refractivity contribution is 0.521. The molecule has 1 saturated heterocycles. The first kappa shape index (κ1) is 13.9. The van der Waals surface area contributed by atoms with Crippen molar-refractivity contribution >= 4 is 21.6 Å². The Labute approximate surface area is 119 Å². The van der Waals surface area contributed by atoms with Crippen molar-refractivity contribution in [1.82, 2.24) is 0 Å². The molecule has 0 amide bonds. The van der Waals surface area contributed by atoms with Crippen LogP contribution >= 0.6 is 15.9 Å². The molecule has 2 unspecified atom stereocenters. The molecule has 2 nitrogen and oxygen atoms in total. The van der Waals surface area contributed by atoms with Crippen molar-refractivity contribution in [1.29, 1.82) is 0 Å². The average Bonchev–Trinajstić information content (AvgIpc) is 2.53. The van der Waals surface area contributed by atoms with Gasteiger partial charge in [-0.15, -0.1) is 0 Å². The number of nitrogens with zero attached hydrogens (tertiary/aromatic N) is 1. The summed E-state index contributed by atoms with van der Waals surface area (Å²) < 4.78 is 1.14. The van der Waals surface area contributed by atoms with E-state index in [1.54, 1.807) is 0 Å². The molecule has 0 saturated carbocycles. The highest BCUT2D eigenvalue weighted by atomic mass is 79.9. The molecule has 2 rings (SSSR count). The number of halogens is 1. The summed E-state index contributed by atoms with van der Waals surface area (Å²) >= 11 is 3.58. The topological polar surface area (TPSA) is 29.3 Å². The largest absolute Gasteiger partial charge is 0.371 e. The van der Waals surface area contributed by atoms with E-state index < -0.39 is 0 Å². The van der Waals surface area contributed by atoms with Gasteiger partial charge in [-0.05, 0) is 49.8 Å². The number of hydrogen-bond acceptors (Lipinski definition) is 2. The van der Waals surface area contributed by atoms with E-state index in [2.05, 4.69) is 52.9 Å². The molecule has 0 spiro atoms. The van der Waals surface area contributed by atoms with Crippen molar-refractivity contribution in [3.8, 4) is 0 Å². The molecule has 1 aliphatic heterocycles. The summed E-state index contributed by atoms with van der Waals surface area (Å²) in [5, 5.41) is 0. The molecule has 2 atom stereocenters. The van der Waals surface area contributed by atoms with Crippen molar-refractivity contribution < 1.29 is 0 Å². The molecule has 0 radical (unpaired) electrons. The van der Waals surface area contributed by atoms with E-state index in [1.807, 2.05) is 0 Å². The zero-order chi connectivity index (χ0) is 13.1. The maximum absolute atomic E-state index is 6.10. The molecule has 100 valence electrons. The van der Waals surface area contributed by atoms with Crippen LogP contribution in [-0.2, 0) is 0 Å². The lowest BCUT2D eigenvalue weighted by Crippen LogP contribution is -2.26. The molecule has 0 aromatic heterocycles. The standard InChI is InChI=1S/C15H23BrN2/c1-11-4-3-8-18(9-7-11)15-10-13(16)5-6-14(15)12(2)17/h5-6,10-12H,3-4,7-9,17H2,1-2H3. The highest BCUT2D eigenvalue weighted by molar-refractivity contribution is 9.10. The van der Waals surface area contributed by atoms with Gasteiger partial charge in [0.1, 0.15) is 0 Å². The summed E-state index contributed by atoms with van der Waals surface area (Å²) in [6.45, 7) is 6.72. The first-order valence-electron chi connectivity index (χ1n) is 6.88. The van der Waals surface area contributed by atoms with Gasteiger partial charge in [-0.3, -0.25) is 0 Å². The molecule has 1 aromatic rings. The van der Waals surface area contributed by atoms with Crippen molar-refractivity contribution in [2.75, 3.05) is 18.0 Å². The van der Waals surface area contributed by atoms with Crippen LogP contribution in [0.3, 0.4) is 0 Å². The summed E-state index contributed by atoms with van der Waals surface area (Å²) in [4.78, 5) is 2.51. The fourth-order valence-corrected chi connectivity index (χ4v) is 3.03. The Morgan fingerprint density at radius 3 is 2.83 bits per heavy atom. The van der Waals surface area contributed by atoms with E-state index in [0.717, 1.165) is 23.5 Å². The van der Waals surface area contributed by atoms with Gasteiger partial charge in [0.25, 0.3) is 0 Å². The summed E-state index contributed by atoms with van der Waals surface area (Å²) in [6, 6.07) is 6.55. The van der Waals surface area contributed by atoms with E-state index in [-0.39, 0.29) is 6.04 Å². The molecule has 1 aromatic carbocycles. The Bertz CT molecular complexity index is 403. The number of nitrogens with two attached hydrogens (primary N) is 1. The Morgan fingerprint density at radius 2 is 2.11 bits per heavy atom. The van der Waals surface area contributed by atoms with Gasteiger partial charge in [0.15, 0.2) is 0 Å². The van der Waals surface area contributed by atoms with Gasteiger partial charge in [-0.1, -0.05) is 28.9 Å². The van der Waals surface area contributed by atoms with Crippen LogP contribution in [0.2, 0.25) is 0 Å². The molecule has 2 N–H and O–H groups in total. The average molecular weight is 311 g/mol. The first-order chi connectivity index (χ1) is 8.58. The number of rotatable bonds is 2. The fraction of sp³-hybridized carbons (Fsp3) is 0.600. The molecular weight excluding hydrogens is 288 g/mol. The molecule has 1 heterocycles. The van der Waals surface area contributed by atoms with Crippen LogP contribution in [0.15, 0.2) is 22.7 Å². The highest BCUT2D eigenvalue weighted by Crippen LogP contribution is 2.31. The monoisotopic (exact) mass is 310 g/mol. The minimum Gasteiger partial charge on any atom is -0.371 e. The van der Waals surface area contributed by atoms with Crippen LogP contribution in [-0.4, -0.2) is 13.1 Å². The Morgan fingerprint density at radius 1 is 1.33 bits per heavy atom. The first-order valence-corrected chi connectivity index (χ1v) is 7.67. The molecule has 1 aliphatic rings. The summed E-state index contributed by atoms with van der Waals surface area (Å²) in [7, 11) is 0. The van der Waals surface area contributed by atoms with Crippen molar-refractivity contribution in [2.24, 2.45) is 11.7 Å². The second kappa shape index (κ2) is 6.07. The van der Waals surface area contributed by atoms with Gasteiger partial charge in [0, 0.05) is 29.3 Å². The highest BCUT2D eigenvalue weighted by Gasteiger charge is 2.18. The van der Waals surface area contributed by atoms with Gasteiger partial charge in [0.05, 0.1) is 0 Å². The third-order valence-electron chi connectivity index (χ3n) is 3.84. The van der Waals surface area contributed by atoms with E-state index in [0.29, 0.717) is 0 Å². The van der Waals surface area contributed by atoms with Crippen molar-refractivity contribution in [2.45, 2.75) is 39.2 Å². The van der Waals surface area contributed by atoms with Crippen LogP contribution in [0, 0.1) is 5.92 Å². The van der Waals surface area contributed by atoms with Crippen LogP contribution in [0.5, 0.6) is 0 Å². The Hall–Kier alpha value is -0.540. The van der Waals surface area contributed by atoms with Crippen LogP contribution < -0.4 is 10.6 Å². The predicted molar refractivity (Wildman–Crippen MR) is 82.0 cm³/mol. The molecule has 0 bridgehead atoms. The normalized spacial score (nSPS) is 22.7. The molecule has 3 heteroatoms. The van der Waals surface area contributed by atoms with Gasteiger partial charge < -0.3 is 10.6 Å². The predicted octanol–water partition coefficient (Wildman–Crippen LogP) is 4.10. The van der Waals surface area contributed by atoms with E-state index in [9.17, 15) is 0 Å². The summed E-state index contributed by atoms with van der Waals surface area (Å²) in [6.07, 6.45) is 3.91. The lowest BCUT2D eigenvalue weighted by atomic mass is 10.0. The van der Waals surface area contributed by atoms with E-state index in [4.69, 9.17) is 5.73 Å². The third-order valence-corrected chi connectivity index (χ3v) is 4.33. The number of anilines is 1. The number of benzene rings is 1. The van der Waals surface area contributed by atoms with Gasteiger partial charge >= 0.3 is 0 Å². The molecule has 18 heavy (non-hydrogen) atoms. The van der Waals surface area contributed by atoms with E-state index in [1.165, 1.54) is 30.5 Å². The SMILES string of the molecule is CC1CCCN(c2cc(Br)ccc2C(C)N)CC1. The second-order valence-corrected chi connectivity index (χ2v) is 6.43. The van der Waals surface area contributed by atoms with Gasteiger partial charge in [0.2, 0.25) is 0 Å². The maximum atomic E-state index is 6.10. The minimum absolute atomic E-state index is 0.0915. The van der Waals surface area contributed by atoms with Gasteiger partial charge in [-0.25, -0.2) is 0 Å². The zero-order valence-electron chi connectivity index (χ0n) is 11.3. The fourth-order valence-electron chi connectivity index (χ4n) is 2.68.